The summed E-state index contributed by atoms with van der Waals surface area (Å²) < 4.78 is 0. The number of anilines is 3. The van der Waals surface area contributed by atoms with Gasteiger partial charge in [-0.3, -0.25) is 0 Å². The van der Waals surface area contributed by atoms with Gasteiger partial charge in [-0.15, -0.1) is 0 Å². The first-order valence-electron chi connectivity index (χ1n) is 19.4. The second-order valence-electron chi connectivity index (χ2n) is 14.4. The zero-order chi connectivity index (χ0) is 38.4. The van der Waals surface area contributed by atoms with Crippen molar-refractivity contribution in [1.82, 2.24) is 15.0 Å². The zero-order valence-electron chi connectivity index (χ0n) is 31.3. The van der Waals surface area contributed by atoms with Crippen molar-refractivity contribution in [2.24, 2.45) is 0 Å². The summed E-state index contributed by atoms with van der Waals surface area (Å²) in [5, 5.41) is 4.61. The molecular weight excluding hydrogens is 725 g/mol. The van der Waals surface area contributed by atoms with E-state index in [0.717, 1.165) is 49.9 Å². The second-order valence-corrected chi connectivity index (χ2v) is 15.5. The summed E-state index contributed by atoms with van der Waals surface area (Å²) in [6.07, 6.45) is 0. The van der Waals surface area contributed by atoms with Gasteiger partial charge in [0.2, 0.25) is 0 Å². The van der Waals surface area contributed by atoms with Crippen LogP contribution in [0.4, 0.5) is 17.1 Å². The predicted molar refractivity (Wildman–Crippen MR) is 241 cm³/mol. The van der Waals surface area contributed by atoms with Crippen LogP contribution in [0.2, 0.25) is 0 Å². The van der Waals surface area contributed by atoms with Gasteiger partial charge in [0.25, 0.3) is 0 Å². The normalized spacial score (nSPS) is 11.7. The fourth-order valence-corrected chi connectivity index (χ4v) is 9.27. The number of aromatic nitrogens is 3. The first-order chi connectivity index (χ1) is 28.7. The van der Waals surface area contributed by atoms with Gasteiger partial charge in [0.05, 0.1) is 0 Å². The molecule has 2 heterocycles. The second kappa shape index (κ2) is 14.3. The molecule has 4 nitrogen and oxygen atoms in total. The van der Waals surface area contributed by atoms with E-state index in [4.69, 9.17) is 15.0 Å². The maximum absolute atomic E-state index is 5.23. The molecule has 0 amide bonds. The summed E-state index contributed by atoms with van der Waals surface area (Å²) in [6.45, 7) is 0. The molecule has 0 fully saturated rings. The zero-order valence-corrected chi connectivity index (χ0v) is 32.1. The monoisotopic (exact) mass is 758 g/mol. The van der Waals surface area contributed by atoms with Crippen LogP contribution in [0.3, 0.4) is 0 Å². The maximum Gasteiger partial charge on any atom is 0.164 e. The lowest BCUT2D eigenvalue weighted by molar-refractivity contribution is 1.08. The number of nitrogens with zero attached hydrogens (tertiary/aromatic N) is 4. The number of hydrogen-bond acceptors (Lipinski definition) is 5. The molecule has 0 N–H and O–H groups in total. The van der Waals surface area contributed by atoms with Crippen LogP contribution in [0.1, 0.15) is 0 Å². The van der Waals surface area contributed by atoms with Crippen molar-refractivity contribution in [3.63, 3.8) is 0 Å². The lowest BCUT2D eigenvalue weighted by atomic mass is 9.92. The summed E-state index contributed by atoms with van der Waals surface area (Å²) in [7, 11) is 0. The third-order valence-corrected chi connectivity index (χ3v) is 12.1. The van der Waals surface area contributed by atoms with Gasteiger partial charge in [0.15, 0.2) is 17.5 Å². The lowest BCUT2D eigenvalue weighted by Crippen LogP contribution is -2.09. The Kier molecular flexibility index (Phi) is 8.37. The highest BCUT2D eigenvalue weighted by molar-refractivity contribution is 7.99. The van der Waals surface area contributed by atoms with Crippen LogP contribution in [0.5, 0.6) is 0 Å². The summed E-state index contributed by atoms with van der Waals surface area (Å²) in [4.78, 5) is 20.2. The van der Waals surface area contributed by atoms with Crippen LogP contribution in [0.15, 0.2) is 216 Å². The van der Waals surface area contributed by atoms with Gasteiger partial charge in [0, 0.05) is 48.9 Å². The topological polar surface area (TPSA) is 41.9 Å². The lowest BCUT2D eigenvalue weighted by Gasteiger charge is -2.25. The summed E-state index contributed by atoms with van der Waals surface area (Å²) in [6, 6.07) is 72.8. The molecule has 58 heavy (non-hydrogen) atoms. The molecule has 0 saturated carbocycles. The number of para-hydroxylation sites is 2. The van der Waals surface area contributed by atoms with Crippen LogP contribution < -0.4 is 4.90 Å². The number of rotatable bonds is 7. The molecule has 0 radical (unpaired) electrons. The first kappa shape index (κ1) is 34.0. The molecule has 11 rings (SSSR count). The van der Waals surface area contributed by atoms with Gasteiger partial charge < -0.3 is 4.90 Å². The minimum Gasteiger partial charge on any atom is -0.311 e. The Labute approximate surface area is 341 Å². The van der Waals surface area contributed by atoms with E-state index in [2.05, 4.69) is 193 Å². The molecule has 0 atom stereocenters. The number of hydrogen-bond donors (Lipinski definition) is 0. The van der Waals surface area contributed by atoms with Gasteiger partial charge in [-0.2, -0.15) is 0 Å². The Morgan fingerprint density at radius 3 is 1.60 bits per heavy atom. The molecule has 9 aromatic carbocycles. The molecule has 0 bridgehead atoms. The molecule has 5 heteroatoms. The molecule has 1 aliphatic heterocycles. The number of benzene rings is 9. The van der Waals surface area contributed by atoms with Crippen molar-refractivity contribution in [1.29, 1.82) is 0 Å². The van der Waals surface area contributed by atoms with Crippen molar-refractivity contribution in [2.45, 2.75) is 9.79 Å². The van der Waals surface area contributed by atoms with Gasteiger partial charge in [-0.25, -0.2) is 15.0 Å². The predicted octanol–water partition coefficient (Wildman–Crippen LogP) is 14.4. The molecule has 272 valence electrons. The van der Waals surface area contributed by atoms with E-state index >= 15 is 0 Å². The van der Waals surface area contributed by atoms with Crippen molar-refractivity contribution < 1.29 is 0 Å². The van der Waals surface area contributed by atoms with E-state index in [1.54, 1.807) is 0 Å². The van der Waals surface area contributed by atoms with Crippen molar-refractivity contribution in [3.05, 3.63) is 206 Å². The van der Waals surface area contributed by atoms with E-state index in [9.17, 15) is 0 Å². The third kappa shape index (κ3) is 6.01. The van der Waals surface area contributed by atoms with E-state index in [-0.39, 0.29) is 0 Å². The van der Waals surface area contributed by atoms with Crippen molar-refractivity contribution in [3.8, 4) is 56.4 Å². The van der Waals surface area contributed by atoms with E-state index in [1.807, 2.05) is 30.0 Å². The van der Waals surface area contributed by atoms with Crippen LogP contribution >= 0.6 is 11.8 Å². The molecular formula is C53H34N4S. The van der Waals surface area contributed by atoms with E-state index < -0.39 is 0 Å². The highest BCUT2D eigenvalue weighted by Crippen LogP contribution is 2.50. The molecule has 1 aromatic heterocycles. The Morgan fingerprint density at radius 2 is 0.862 bits per heavy atom. The van der Waals surface area contributed by atoms with Crippen LogP contribution in [0.25, 0.3) is 78.0 Å². The summed E-state index contributed by atoms with van der Waals surface area (Å²) >= 11 is 1.83. The molecule has 0 unspecified atom stereocenters. The van der Waals surface area contributed by atoms with Crippen LogP contribution in [0, 0.1) is 0 Å². The fraction of sp³-hybridized carbons (Fsp3) is 0. The SMILES string of the molecule is c1ccc(-c2nc(-c3cccc4ccccc34)nc(-c3ccc4c5c(cccc35)-c3cc(-c5ccc(N(c6ccccc6)c6ccccc6)cc5)ccc3S4)n2)cc1. The molecule has 0 saturated heterocycles. The number of fused-ring (bicyclic) bond motifs is 3. The largest absolute Gasteiger partial charge is 0.311 e. The minimum absolute atomic E-state index is 0.653. The smallest absolute Gasteiger partial charge is 0.164 e. The average molecular weight is 759 g/mol. The Morgan fingerprint density at radius 1 is 0.328 bits per heavy atom. The highest BCUT2D eigenvalue weighted by Gasteiger charge is 2.23. The van der Waals surface area contributed by atoms with Gasteiger partial charge >= 0.3 is 0 Å². The Hall–Kier alpha value is -7.34. The molecule has 0 aliphatic carbocycles. The third-order valence-electron chi connectivity index (χ3n) is 10.9. The summed E-state index contributed by atoms with van der Waals surface area (Å²) in [5.41, 5.74) is 11.1. The van der Waals surface area contributed by atoms with E-state index in [0.29, 0.717) is 17.5 Å². The van der Waals surface area contributed by atoms with Gasteiger partial charge in [-0.05, 0) is 99.1 Å². The highest BCUT2D eigenvalue weighted by atomic mass is 32.2. The molecule has 10 aromatic rings. The van der Waals surface area contributed by atoms with Crippen LogP contribution in [-0.2, 0) is 0 Å². The van der Waals surface area contributed by atoms with Gasteiger partial charge in [-0.1, -0.05) is 157 Å². The van der Waals surface area contributed by atoms with Crippen LogP contribution in [-0.4, -0.2) is 15.0 Å². The fourth-order valence-electron chi connectivity index (χ4n) is 8.16. The standard InChI is InChI=1S/C53H34N4S/c1-4-15-37(16-5-1)51-54-52(45-25-12-17-36-14-10-11-22-42(36)45)56-53(55-51)46-31-33-49-50-43(46)23-13-24-44(50)47-34-38(28-32-48(47)58-49)35-26-29-41(30-27-35)57(39-18-6-2-7-19-39)40-20-8-3-9-21-40/h1-34H. The van der Waals surface area contributed by atoms with Crippen molar-refractivity contribution in [2.75, 3.05) is 4.90 Å². The van der Waals surface area contributed by atoms with Crippen molar-refractivity contribution >= 4 is 50.4 Å². The summed E-state index contributed by atoms with van der Waals surface area (Å²) in [5.74, 6) is 1.97. The average Bonchev–Trinajstić information content (AvgIpc) is 3.30. The first-order valence-corrected chi connectivity index (χ1v) is 20.3. The van der Waals surface area contributed by atoms with Gasteiger partial charge in [0.1, 0.15) is 0 Å². The Balaban J connectivity index is 1.01. The minimum atomic E-state index is 0.653. The quantitative estimate of drug-likeness (QED) is 0.162. The maximum atomic E-state index is 5.23. The Bertz CT molecular complexity index is 3090. The molecule has 1 aliphatic rings. The molecule has 0 spiro atoms. The van der Waals surface area contributed by atoms with E-state index in [1.165, 1.54) is 37.4 Å².